The Kier molecular flexibility index (Phi) is 8.39. The first-order valence-electron chi connectivity index (χ1n) is 10.2. The number of nitriles is 1. The number of hydrogen-bond donors (Lipinski definition) is 1. The fourth-order valence-electron chi connectivity index (χ4n) is 3.03. The number of nitro benzene ring substituents is 1. The summed E-state index contributed by atoms with van der Waals surface area (Å²) >= 11 is 12.1. The number of nitrogens with zero attached hydrogens (tertiary/aromatic N) is 2. The summed E-state index contributed by atoms with van der Waals surface area (Å²) in [5, 5.41) is 22.5. The number of non-ortho nitro benzene ring substituents is 1. The van der Waals surface area contributed by atoms with Gasteiger partial charge in [0.05, 0.1) is 27.8 Å². The van der Waals surface area contributed by atoms with Crippen molar-refractivity contribution in [3.05, 3.63) is 91.5 Å². The predicted octanol–water partition coefficient (Wildman–Crippen LogP) is 5.53. The van der Waals surface area contributed by atoms with E-state index in [9.17, 15) is 28.6 Å². The maximum atomic E-state index is 12.9. The second-order valence-electron chi connectivity index (χ2n) is 7.39. The molecule has 37 heavy (non-hydrogen) atoms. The van der Waals surface area contributed by atoms with E-state index in [4.69, 9.17) is 32.1 Å². The summed E-state index contributed by atoms with van der Waals surface area (Å²) in [6.07, 6.45) is 1.09. The molecule has 190 valence electrons. The smallest absolute Gasteiger partial charge is 0.339 e. The lowest BCUT2D eigenvalue weighted by Gasteiger charge is -2.14. The van der Waals surface area contributed by atoms with Gasteiger partial charge in [-0.05, 0) is 31.2 Å². The molecule has 0 bridgehead atoms. The van der Waals surface area contributed by atoms with Gasteiger partial charge in [-0.3, -0.25) is 14.9 Å². The Morgan fingerprint density at radius 1 is 1.14 bits per heavy atom. The Morgan fingerprint density at radius 3 is 2.30 bits per heavy atom. The van der Waals surface area contributed by atoms with E-state index in [0.717, 1.165) is 23.8 Å². The molecule has 10 nitrogen and oxygen atoms in total. The lowest BCUT2D eigenvalue weighted by molar-refractivity contribution is -0.384. The number of methoxy groups -OCH3 is 1. The van der Waals surface area contributed by atoms with E-state index in [0.29, 0.717) is 0 Å². The van der Waals surface area contributed by atoms with Crippen LogP contribution in [0.15, 0.2) is 65.1 Å². The second kappa shape index (κ2) is 11.3. The fraction of sp³-hybridized carbons (Fsp3) is 0.0833. The van der Waals surface area contributed by atoms with Crippen LogP contribution in [0.3, 0.4) is 0 Å². The van der Waals surface area contributed by atoms with Crippen LogP contribution in [-0.2, 0) is 14.9 Å². The van der Waals surface area contributed by atoms with E-state index < -0.39 is 32.2 Å². The number of para-hydroxylation sites is 1. The van der Waals surface area contributed by atoms with E-state index in [1.807, 2.05) is 0 Å². The van der Waals surface area contributed by atoms with Crippen LogP contribution in [0.25, 0.3) is 6.08 Å². The molecular formula is C24H17Cl2N3O7S. The topological polar surface area (TPSA) is 149 Å². The lowest BCUT2D eigenvalue weighted by Crippen LogP contribution is -2.15. The number of amides is 1. The van der Waals surface area contributed by atoms with Crippen molar-refractivity contribution >= 4 is 56.7 Å². The standard InChI is InChI=1S/C24H17Cl2N3O7S/c1-14-6-8-18(9-7-14)37(33,34)36-23-15(4-3-5-21(23)35-2)10-16(13-27)24(30)28-22-19(25)11-17(29(31)32)12-20(22)26/h3-12H,1-2H3,(H,28,30)/b16-10+. The molecule has 0 spiro atoms. The van der Waals surface area contributed by atoms with Crippen molar-refractivity contribution in [1.29, 1.82) is 5.26 Å². The Bertz CT molecular complexity index is 1540. The largest absolute Gasteiger partial charge is 0.493 e. The highest BCUT2D eigenvalue weighted by atomic mass is 35.5. The molecule has 0 aliphatic rings. The fourth-order valence-corrected chi connectivity index (χ4v) is 4.56. The molecule has 0 saturated heterocycles. The molecule has 3 aromatic rings. The third-order valence-electron chi connectivity index (χ3n) is 4.87. The average molecular weight is 562 g/mol. The molecule has 0 saturated carbocycles. The van der Waals surface area contributed by atoms with Gasteiger partial charge in [0.15, 0.2) is 11.5 Å². The summed E-state index contributed by atoms with van der Waals surface area (Å²) in [5.41, 5.74) is -0.127. The Morgan fingerprint density at radius 2 is 1.76 bits per heavy atom. The minimum atomic E-state index is -4.30. The number of rotatable bonds is 8. The highest BCUT2D eigenvalue weighted by molar-refractivity contribution is 7.87. The highest BCUT2D eigenvalue weighted by Crippen LogP contribution is 2.37. The van der Waals surface area contributed by atoms with Gasteiger partial charge in [0.25, 0.3) is 11.6 Å². The Hall–Kier alpha value is -4.11. The van der Waals surface area contributed by atoms with Crippen LogP contribution in [0.2, 0.25) is 10.0 Å². The lowest BCUT2D eigenvalue weighted by atomic mass is 10.1. The van der Waals surface area contributed by atoms with Crippen LogP contribution in [0.4, 0.5) is 11.4 Å². The summed E-state index contributed by atoms with van der Waals surface area (Å²) in [5.74, 6) is -1.18. The summed E-state index contributed by atoms with van der Waals surface area (Å²) < 4.78 is 36.4. The predicted molar refractivity (Wildman–Crippen MR) is 137 cm³/mol. The Balaban J connectivity index is 2.00. The number of hydrogen-bond acceptors (Lipinski definition) is 8. The highest BCUT2D eigenvalue weighted by Gasteiger charge is 2.23. The number of aryl methyl sites for hydroxylation is 1. The molecule has 0 aliphatic carbocycles. The van der Waals surface area contributed by atoms with Gasteiger partial charge < -0.3 is 14.2 Å². The maximum absolute atomic E-state index is 12.9. The molecule has 1 N–H and O–H groups in total. The molecule has 0 fully saturated rings. The Labute approximate surface area is 221 Å². The van der Waals surface area contributed by atoms with Crippen molar-refractivity contribution in [1.82, 2.24) is 0 Å². The minimum absolute atomic E-state index is 0.0311. The minimum Gasteiger partial charge on any atom is -0.493 e. The quantitative estimate of drug-likeness (QED) is 0.124. The van der Waals surface area contributed by atoms with Crippen molar-refractivity contribution in [3.8, 4) is 17.6 Å². The molecule has 13 heteroatoms. The SMILES string of the molecule is COc1cccc(/C=C(\C#N)C(=O)Nc2c(Cl)cc([N+](=O)[O-])cc2Cl)c1OS(=O)(=O)c1ccc(C)cc1. The molecule has 1 amide bonds. The molecule has 0 atom stereocenters. The molecule has 0 radical (unpaired) electrons. The zero-order valence-corrected chi connectivity index (χ0v) is 21.5. The first kappa shape index (κ1) is 27.5. The molecule has 0 heterocycles. The van der Waals surface area contributed by atoms with E-state index >= 15 is 0 Å². The first-order valence-corrected chi connectivity index (χ1v) is 12.4. The van der Waals surface area contributed by atoms with Crippen LogP contribution in [-0.4, -0.2) is 26.4 Å². The monoisotopic (exact) mass is 561 g/mol. The van der Waals surface area contributed by atoms with Crippen molar-refractivity contribution in [2.45, 2.75) is 11.8 Å². The summed E-state index contributed by atoms with van der Waals surface area (Å²) in [6, 6.07) is 14.0. The third-order valence-corrected chi connectivity index (χ3v) is 6.70. The van der Waals surface area contributed by atoms with Crippen LogP contribution < -0.4 is 14.2 Å². The molecule has 0 aliphatic heterocycles. The van der Waals surface area contributed by atoms with Gasteiger partial charge in [0, 0.05) is 17.7 Å². The van der Waals surface area contributed by atoms with E-state index in [1.54, 1.807) is 25.1 Å². The van der Waals surface area contributed by atoms with Gasteiger partial charge in [-0.1, -0.05) is 53.0 Å². The van der Waals surface area contributed by atoms with Crippen molar-refractivity contribution < 1.29 is 27.1 Å². The molecule has 3 aromatic carbocycles. The molecule has 0 unspecified atom stereocenters. The van der Waals surface area contributed by atoms with Crippen LogP contribution in [0.5, 0.6) is 11.5 Å². The zero-order valence-electron chi connectivity index (χ0n) is 19.2. The third kappa shape index (κ3) is 6.37. The number of nitrogens with one attached hydrogen (secondary N) is 1. The normalized spacial score (nSPS) is 11.4. The van der Waals surface area contributed by atoms with Crippen LogP contribution in [0, 0.1) is 28.4 Å². The number of anilines is 1. The van der Waals surface area contributed by atoms with Crippen LogP contribution in [0.1, 0.15) is 11.1 Å². The van der Waals surface area contributed by atoms with Crippen molar-refractivity contribution in [3.63, 3.8) is 0 Å². The van der Waals surface area contributed by atoms with E-state index in [2.05, 4.69) is 5.32 Å². The van der Waals surface area contributed by atoms with Gasteiger partial charge in [-0.15, -0.1) is 0 Å². The zero-order chi connectivity index (χ0) is 27.3. The van der Waals surface area contributed by atoms with Crippen LogP contribution >= 0.6 is 23.2 Å². The van der Waals surface area contributed by atoms with Crippen molar-refractivity contribution in [2.75, 3.05) is 12.4 Å². The molecule has 3 rings (SSSR count). The van der Waals surface area contributed by atoms with Gasteiger partial charge in [0.1, 0.15) is 16.5 Å². The van der Waals surface area contributed by atoms with Gasteiger partial charge in [-0.2, -0.15) is 13.7 Å². The summed E-state index contributed by atoms with van der Waals surface area (Å²) in [7, 11) is -3.01. The van der Waals surface area contributed by atoms with E-state index in [1.165, 1.54) is 37.4 Å². The number of nitro groups is 1. The summed E-state index contributed by atoms with van der Waals surface area (Å²) in [6.45, 7) is 1.80. The van der Waals surface area contributed by atoms with Gasteiger partial charge in [0.2, 0.25) is 0 Å². The van der Waals surface area contributed by atoms with E-state index in [-0.39, 0.29) is 37.7 Å². The molecule has 0 aromatic heterocycles. The molecular weight excluding hydrogens is 545 g/mol. The first-order chi connectivity index (χ1) is 17.5. The summed E-state index contributed by atoms with van der Waals surface area (Å²) in [4.78, 5) is 23.0. The maximum Gasteiger partial charge on any atom is 0.339 e. The van der Waals surface area contributed by atoms with Gasteiger partial charge >= 0.3 is 10.1 Å². The number of ether oxygens (including phenoxy) is 1. The van der Waals surface area contributed by atoms with Gasteiger partial charge in [-0.25, -0.2) is 0 Å². The number of carbonyl (C=O) groups is 1. The number of halogens is 2. The second-order valence-corrected chi connectivity index (χ2v) is 9.76. The average Bonchev–Trinajstić information content (AvgIpc) is 2.85. The number of carbonyl (C=O) groups excluding carboxylic acids is 1. The number of benzene rings is 3. The van der Waals surface area contributed by atoms with Crippen molar-refractivity contribution in [2.24, 2.45) is 0 Å².